The fraction of sp³-hybridized carbons (Fsp3) is 0.333. The van der Waals surface area contributed by atoms with Gasteiger partial charge >= 0.3 is 0 Å². The highest BCUT2D eigenvalue weighted by molar-refractivity contribution is 6.32. The van der Waals surface area contributed by atoms with Gasteiger partial charge in [-0.25, -0.2) is 0 Å². The molecule has 0 N–H and O–H groups in total. The molecule has 0 amide bonds. The van der Waals surface area contributed by atoms with E-state index in [1.54, 1.807) is 13.2 Å². The molecule has 1 aliphatic heterocycles. The van der Waals surface area contributed by atoms with Crippen molar-refractivity contribution in [3.63, 3.8) is 0 Å². The smallest absolute Gasteiger partial charge is 0.180 e. The number of ketones is 2. The Morgan fingerprint density at radius 3 is 2.22 bits per heavy atom. The molecule has 0 unspecified atom stereocenters. The van der Waals surface area contributed by atoms with E-state index in [0.717, 1.165) is 59.4 Å². The summed E-state index contributed by atoms with van der Waals surface area (Å²) < 4.78 is 11.4. The molecule has 0 saturated carbocycles. The number of rotatable bonds is 7. The predicted octanol–water partition coefficient (Wildman–Crippen LogP) is 6.53. The monoisotopic (exact) mass is 503 g/mol. The normalized spacial score (nSPS) is 18.2. The Kier molecular flexibility index (Phi) is 7.01. The van der Waals surface area contributed by atoms with Crippen molar-refractivity contribution in [2.45, 2.75) is 51.0 Å². The van der Waals surface area contributed by atoms with Crippen LogP contribution in [0.4, 0.5) is 0 Å². The van der Waals surface area contributed by atoms with Gasteiger partial charge in [-0.15, -0.1) is 0 Å². The molecule has 0 fully saturated rings. The van der Waals surface area contributed by atoms with Crippen LogP contribution < -0.4 is 9.47 Å². The topological polar surface area (TPSA) is 55.8 Å². The minimum Gasteiger partial charge on any atom is -0.493 e. The lowest BCUT2D eigenvalue weighted by molar-refractivity contribution is -0.117. The van der Waals surface area contributed by atoms with E-state index >= 15 is 0 Å². The van der Waals surface area contributed by atoms with Crippen LogP contribution in [0.15, 0.2) is 77.7 Å². The number of carbonyl (C=O) groups is 2. The molecule has 5 rings (SSSR count). The number of benzene rings is 2. The minimum atomic E-state index is -0.456. The van der Waals surface area contributed by atoms with Crippen molar-refractivity contribution < 1.29 is 19.1 Å². The van der Waals surface area contributed by atoms with E-state index in [2.05, 4.69) is 23.6 Å². The zero-order valence-corrected chi connectivity index (χ0v) is 21.3. The lowest BCUT2D eigenvalue weighted by Gasteiger charge is -2.44. The number of carbonyl (C=O) groups excluding carboxylic acids is 2. The molecule has 36 heavy (non-hydrogen) atoms. The predicted molar refractivity (Wildman–Crippen MR) is 140 cm³/mol. The molecule has 0 spiro atoms. The maximum absolute atomic E-state index is 13.5. The van der Waals surface area contributed by atoms with Gasteiger partial charge in [-0.1, -0.05) is 54.6 Å². The van der Waals surface area contributed by atoms with Crippen LogP contribution in [0.2, 0.25) is 5.02 Å². The molecular formula is C30H30ClNO4. The van der Waals surface area contributed by atoms with Crippen LogP contribution in [0.5, 0.6) is 11.5 Å². The van der Waals surface area contributed by atoms with Gasteiger partial charge in [0.25, 0.3) is 0 Å². The summed E-state index contributed by atoms with van der Waals surface area (Å²) >= 11 is 6.68. The molecule has 0 saturated heterocycles. The van der Waals surface area contributed by atoms with E-state index in [1.807, 2.05) is 30.3 Å². The van der Waals surface area contributed by atoms with E-state index in [9.17, 15) is 9.59 Å². The molecule has 5 nitrogen and oxygen atoms in total. The lowest BCUT2D eigenvalue weighted by atomic mass is 9.71. The number of nitrogens with zero attached hydrogens (tertiary/aromatic N) is 1. The first-order valence-corrected chi connectivity index (χ1v) is 12.9. The molecule has 0 aromatic heterocycles. The van der Waals surface area contributed by atoms with Crippen LogP contribution >= 0.6 is 11.6 Å². The molecule has 2 aromatic rings. The molecule has 0 bridgehead atoms. The van der Waals surface area contributed by atoms with Gasteiger partial charge in [0, 0.05) is 47.8 Å². The molecule has 0 radical (unpaired) electrons. The zero-order valence-electron chi connectivity index (χ0n) is 20.5. The molecule has 2 aliphatic carbocycles. The highest BCUT2D eigenvalue weighted by atomic mass is 35.5. The van der Waals surface area contributed by atoms with Crippen LogP contribution in [0.1, 0.15) is 55.6 Å². The molecule has 1 heterocycles. The van der Waals surface area contributed by atoms with E-state index in [0.29, 0.717) is 35.9 Å². The first kappa shape index (κ1) is 24.4. The zero-order chi connectivity index (χ0) is 25.2. The summed E-state index contributed by atoms with van der Waals surface area (Å²) in [4.78, 5) is 29.3. The number of allylic oxidation sites excluding steroid dienone is 4. The first-order chi connectivity index (χ1) is 17.5. The van der Waals surface area contributed by atoms with Gasteiger partial charge in [0.05, 0.1) is 12.1 Å². The van der Waals surface area contributed by atoms with Crippen molar-refractivity contribution in [2.75, 3.05) is 13.7 Å². The van der Waals surface area contributed by atoms with Crippen LogP contribution in [-0.2, 0) is 16.1 Å². The van der Waals surface area contributed by atoms with Gasteiger partial charge in [-0.2, -0.15) is 0 Å². The molecule has 0 atom stereocenters. The number of Topliss-reactive ketones (excluding diaryl/α,β-unsaturated/α-hetero) is 2. The van der Waals surface area contributed by atoms with Gasteiger partial charge in [0.1, 0.15) is 6.61 Å². The average Bonchev–Trinajstić information content (AvgIpc) is 2.89. The van der Waals surface area contributed by atoms with Gasteiger partial charge in [0.2, 0.25) is 0 Å². The molecule has 3 aliphatic rings. The highest BCUT2D eigenvalue weighted by Gasteiger charge is 2.43. The third kappa shape index (κ3) is 4.37. The Bertz CT molecular complexity index is 1230. The highest BCUT2D eigenvalue weighted by Crippen LogP contribution is 2.51. The van der Waals surface area contributed by atoms with Crippen molar-refractivity contribution in [1.29, 1.82) is 0 Å². The second-order valence-electron chi connectivity index (χ2n) is 9.41. The number of hydrogen-bond donors (Lipinski definition) is 0. The molecule has 6 heteroatoms. The lowest BCUT2D eigenvalue weighted by Crippen LogP contribution is -2.38. The Morgan fingerprint density at radius 2 is 1.64 bits per heavy atom. The number of hydrogen-bond acceptors (Lipinski definition) is 5. The van der Waals surface area contributed by atoms with E-state index in [-0.39, 0.29) is 18.2 Å². The van der Waals surface area contributed by atoms with Gasteiger partial charge in [-0.3, -0.25) is 9.59 Å². The minimum absolute atomic E-state index is 0.103. The quantitative estimate of drug-likeness (QED) is 0.402. The second kappa shape index (κ2) is 10.4. The summed E-state index contributed by atoms with van der Waals surface area (Å²) in [6.45, 7) is 4.62. The molecule has 2 aromatic carbocycles. The Balaban J connectivity index is 1.69. The first-order valence-electron chi connectivity index (χ1n) is 12.5. The summed E-state index contributed by atoms with van der Waals surface area (Å²) in [5.41, 5.74) is 5.46. The summed E-state index contributed by atoms with van der Waals surface area (Å²) in [6, 6.07) is 13.9. The van der Waals surface area contributed by atoms with Crippen LogP contribution in [0.3, 0.4) is 0 Å². The van der Waals surface area contributed by atoms with Gasteiger partial charge in [0.15, 0.2) is 23.1 Å². The number of methoxy groups -OCH3 is 1. The second-order valence-corrected chi connectivity index (χ2v) is 9.82. The maximum Gasteiger partial charge on any atom is 0.180 e. The Labute approximate surface area is 217 Å². The van der Waals surface area contributed by atoms with Gasteiger partial charge < -0.3 is 14.4 Å². The average molecular weight is 504 g/mol. The fourth-order valence-electron chi connectivity index (χ4n) is 5.70. The van der Waals surface area contributed by atoms with Crippen molar-refractivity contribution in [1.82, 2.24) is 4.90 Å². The van der Waals surface area contributed by atoms with Crippen molar-refractivity contribution >= 4 is 23.2 Å². The Hall–Kier alpha value is -3.31. The van der Waals surface area contributed by atoms with Crippen LogP contribution in [0.25, 0.3) is 0 Å². The maximum atomic E-state index is 13.5. The SMILES string of the molecule is C=CCOc1c(Cl)cc(C2C3=C(CCCC3=O)N(Cc3ccccc3)C3=C2C(=O)CCC3)cc1OC. The standard InChI is InChI=1S/C30H30ClNO4/c1-3-15-36-30-21(31)16-20(17-26(30)35-2)27-28-22(11-7-13-24(28)33)32(18-19-9-5-4-6-10-19)23-12-8-14-25(34)29(23)27/h3-6,9-10,16-17,27H,1,7-8,11-15,18H2,2H3. The largest absolute Gasteiger partial charge is 0.493 e. The van der Waals surface area contributed by atoms with Crippen molar-refractivity contribution in [3.05, 3.63) is 93.8 Å². The summed E-state index contributed by atoms with van der Waals surface area (Å²) in [6.07, 6.45) is 5.84. The molecule has 186 valence electrons. The van der Waals surface area contributed by atoms with Crippen LogP contribution in [0, 0.1) is 0 Å². The van der Waals surface area contributed by atoms with E-state index < -0.39 is 5.92 Å². The number of halogens is 1. The summed E-state index contributed by atoms with van der Waals surface area (Å²) in [7, 11) is 1.56. The Morgan fingerprint density at radius 1 is 1.00 bits per heavy atom. The molecular weight excluding hydrogens is 474 g/mol. The van der Waals surface area contributed by atoms with E-state index in [1.165, 1.54) is 0 Å². The van der Waals surface area contributed by atoms with E-state index in [4.69, 9.17) is 21.1 Å². The van der Waals surface area contributed by atoms with Gasteiger partial charge in [-0.05, 0) is 48.9 Å². The van der Waals surface area contributed by atoms with Crippen LogP contribution in [-0.4, -0.2) is 30.2 Å². The van der Waals surface area contributed by atoms with Crippen molar-refractivity contribution in [2.24, 2.45) is 0 Å². The third-order valence-corrected chi connectivity index (χ3v) is 7.48. The summed E-state index contributed by atoms with van der Waals surface area (Å²) in [5.74, 6) is 0.652. The number of ether oxygens (including phenoxy) is 2. The summed E-state index contributed by atoms with van der Waals surface area (Å²) in [5, 5.41) is 0.383. The third-order valence-electron chi connectivity index (χ3n) is 7.20. The van der Waals surface area contributed by atoms with Crippen molar-refractivity contribution in [3.8, 4) is 11.5 Å². The fourth-order valence-corrected chi connectivity index (χ4v) is 5.97.